The molecule has 0 spiro atoms. The Kier molecular flexibility index (Phi) is 4.28. The van der Waals surface area contributed by atoms with Gasteiger partial charge in [-0.1, -0.05) is 0 Å². The van der Waals surface area contributed by atoms with Gasteiger partial charge in [0.25, 0.3) is 0 Å². The molecule has 0 fully saturated rings. The highest BCUT2D eigenvalue weighted by atomic mass is 32.1. The molecule has 1 amide bonds. The number of aromatic carboxylic acids is 1. The minimum Gasteiger partial charge on any atom is -0.476 e. The van der Waals surface area contributed by atoms with E-state index >= 15 is 0 Å². The van der Waals surface area contributed by atoms with Gasteiger partial charge in [-0.2, -0.15) is 13.2 Å². The quantitative estimate of drug-likeness (QED) is 0.885. The summed E-state index contributed by atoms with van der Waals surface area (Å²) in [5, 5.41) is 12.2. The molecule has 1 heterocycles. The lowest BCUT2D eigenvalue weighted by Gasteiger charge is -2.12. The number of hydrogen-bond donors (Lipinski definition) is 2. The van der Waals surface area contributed by atoms with Gasteiger partial charge in [-0.3, -0.25) is 4.79 Å². The van der Waals surface area contributed by atoms with Crippen molar-refractivity contribution in [3.05, 3.63) is 16.1 Å². The first-order chi connectivity index (χ1) is 8.19. The fraction of sp³-hybridized carbons (Fsp3) is 0.444. The Bertz CT molecular complexity index is 458. The first-order valence-electron chi connectivity index (χ1n) is 4.74. The minimum absolute atomic E-state index is 0.202. The summed E-state index contributed by atoms with van der Waals surface area (Å²) in [6.45, 7) is 1.43. The maximum Gasteiger partial charge on any atom is 0.397 e. The molecule has 0 aliphatic carbocycles. The highest BCUT2D eigenvalue weighted by Crippen LogP contribution is 2.21. The van der Waals surface area contributed by atoms with Crippen molar-refractivity contribution in [2.75, 3.05) is 0 Å². The Balaban J connectivity index is 2.62. The molecule has 5 nitrogen and oxygen atoms in total. The summed E-state index contributed by atoms with van der Waals surface area (Å²) < 4.78 is 35.8. The van der Waals surface area contributed by atoms with Crippen LogP contribution in [0.3, 0.4) is 0 Å². The number of thiazole rings is 1. The highest BCUT2D eigenvalue weighted by molar-refractivity contribution is 7.09. The van der Waals surface area contributed by atoms with Gasteiger partial charge >= 0.3 is 12.1 Å². The van der Waals surface area contributed by atoms with Gasteiger partial charge in [-0.15, -0.1) is 11.3 Å². The van der Waals surface area contributed by atoms with E-state index in [-0.39, 0.29) is 10.7 Å². The lowest BCUT2D eigenvalue weighted by molar-refractivity contribution is -0.154. The third-order valence-corrected chi connectivity index (χ3v) is 2.88. The number of carboxylic acids is 1. The summed E-state index contributed by atoms with van der Waals surface area (Å²) in [5.41, 5.74) is -0.202. The summed E-state index contributed by atoms with van der Waals surface area (Å²) in [5.74, 6) is -2.41. The third kappa shape index (κ3) is 4.32. The van der Waals surface area contributed by atoms with Crippen LogP contribution in [-0.2, 0) is 4.79 Å². The smallest absolute Gasteiger partial charge is 0.397 e. The number of carbonyl (C=O) groups is 2. The van der Waals surface area contributed by atoms with Crippen LogP contribution >= 0.6 is 11.3 Å². The predicted octanol–water partition coefficient (Wildman–Crippen LogP) is 1.97. The third-order valence-electron chi connectivity index (χ3n) is 1.85. The van der Waals surface area contributed by atoms with Gasteiger partial charge in [0.05, 0.1) is 6.04 Å². The largest absolute Gasteiger partial charge is 0.476 e. The second kappa shape index (κ2) is 5.34. The SMILES string of the molecule is CC(NC(=O)CC(F)(F)F)c1nc(C(=O)O)cs1. The maximum atomic E-state index is 11.9. The fourth-order valence-corrected chi connectivity index (χ4v) is 1.92. The zero-order chi connectivity index (χ0) is 13.9. The molecule has 1 aromatic rings. The molecule has 0 saturated carbocycles. The van der Waals surface area contributed by atoms with Crippen LogP contribution in [0.4, 0.5) is 13.2 Å². The Morgan fingerprint density at radius 3 is 2.61 bits per heavy atom. The number of carbonyl (C=O) groups excluding carboxylic acids is 1. The number of nitrogens with one attached hydrogen (secondary N) is 1. The number of hydrogen-bond acceptors (Lipinski definition) is 4. The number of aromatic nitrogens is 1. The van der Waals surface area contributed by atoms with Crippen LogP contribution in [0, 0.1) is 0 Å². The lowest BCUT2D eigenvalue weighted by Crippen LogP contribution is -2.30. The molecule has 0 radical (unpaired) electrons. The van der Waals surface area contributed by atoms with Gasteiger partial charge < -0.3 is 10.4 Å². The Labute approximate surface area is 104 Å². The van der Waals surface area contributed by atoms with E-state index in [1.807, 2.05) is 0 Å². The van der Waals surface area contributed by atoms with Crippen molar-refractivity contribution in [1.82, 2.24) is 10.3 Å². The van der Waals surface area contributed by atoms with E-state index in [0.717, 1.165) is 11.3 Å². The number of carboxylic acid groups (broad SMARTS) is 1. The minimum atomic E-state index is -4.57. The molecule has 2 N–H and O–H groups in total. The average molecular weight is 282 g/mol. The predicted molar refractivity (Wildman–Crippen MR) is 56.3 cm³/mol. The van der Waals surface area contributed by atoms with E-state index in [2.05, 4.69) is 10.3 Å². The molecule has 9 heteroatoms. The van der Waals surface area contributed by atoms with Crippen molar-refractivity contribution in [3.63, 3.8) is 0 Å². The molecule has 1 atom stereocenters. The zero-order valence-corrected chi connectivity index (χ0v) is 9.93. The Morgan fingerprint density at radius 2 is 2.17 bits per heavy atom. The second-order valence-corrected chi connectivity index (χ2v) is 4.35. The molecule has 0 saturated heterocycles. The summed E-state index contributed by atoms with van der Waals surface area (Å²) in [6, 6.07) is -0.766. The molecule has 18 heavy (non-hydrogen) atoms. The van der Waals surface area contributed by atoms with Gasteiger partial charge in [0, 0.05) is 5.38 Å². The van der Waals surface area contributed by atoms with Crippen LogP contribution in [0.25, 0.3) is 0 Å². The number of amides is 1. The zero-order valence-electron chi connectivity index (χ0n) is 9.11. The number of nitrogens with zero attached hydrogens (tertiary/aromatic N) is 1. The Morgan fingerprint density at radius 1 is 1.56 bits per heavy atom. The standard InChI is InChI=1S/C9H9F3N2O3S/c1-4(13-6(15)2-9(10,11)12)7-14-5(3-18-7)8(16)17/h3-4H,2H2,1H3,(H,13,15)(H,16,17). The number of rotatable bonds is 4. The van der Waals surface area contributed by atoms with Crippen LogP contribution < -0.4 is 5.32 Å². The van der Waals surface area contributed by atoms with Gasteiger partial charge in [-0.05, 0) is 6.92 Å². The van der Waals surface area contributed by atoms with Crippen molar-refractivity contribution in [3.8, 4) is 0 Å². The summed E-state index contributed by atoms with van der Waals surface area (Å²) in [7, 11) is 0. The van der Waals surface area contributed by atoms with E-state index in [4.69, 9.17) is 5.11 Å². The topological polar surface area (TPSA) is 79.3 Å². The van der Waals surface area contributed by atoms with Crippen molar-refractivity contribution >= 4 is 23.2 Å². The molecule has 0 aromatic carbocycles. The fourth-order valence-electron chi connectivity index (χ4n) is 1.12. The molecule has 1 unspecified atom stereocenters. The van der Waals surface area contributed by atoms with Crippen molar-refractivity contribution in [2.24, 2.45) is 0 Å². The second-order valence-electron chi connectivity index (χ2n) is 3.46. The van der Waals surface area contributed by atoms with Crippen molar-refractivity contribution < 1.29 is 27.9 Å². The molecule has 0 bridgehead atoms. The first-order valence-corrected chi connectivity index (χ1v) is 5.62. The first kappa shape index (κ1) is 14.4. The van der Waals surface area contributed by atoms with Gasteiger partial charge in [-0.25, -0.2) is 9.78 Å². The Hall–Kier alpha value is -1.64. The van der Waals surface area contributed by atoms with Crippen LogP contribution in [0.1, 0.15) is 34.9 Å². The average Bonchev–Trinajstić information content (AvgIpc) is 2.62. The van der Waals surface area contributed by atoms with E-state index in [0.29, 0.717) is 0 Å². The molecular formula is C9H9F3N2O3S. The number of halogens is 3. The van der Waals surface area contributed by atoms with E-state index < -0.39 is 30.5 Å². The van der Waals surface area contributed by atoms with Crippen LogP contribution in [0.2, 0.25) is 0 Å². The molecular weight excluding hydrogens is 273 g/mol. The van der Waals surface area contributed by atoms with Crippen molar-refractivity contribution in [1.29, 1.82) is 0 Å². The highest BCUT2D eigenvalue weighted by Gasteiger charge is 2.31. The monoisotopic (exact) mass is 282 g/mol. The van der Waals surface area contributed by atoms with Gasteiger partial charge in [0.2, 0.25) is 5.91 Å². The van der Waals surface area contributed by atoms with Gasteiger partial charge in [0.15, 0.2) is 5.69 Å². The molecule has 1 rings (SSSR count). The summed E-state index contributed by atoms with van der Waals surface area (Å²) in [6.07, 6.45) is -6.15. The van der Waals surface area contributed by atoms with E-state index in [1.165, 1.54) is 12.3 Å². The van der Waals surface area contributed by atoms with Crippen LogP contribution in [-0.4, -0.2) is 28.1 Å². The van der Waals surface area contributed by atoms with E-state index in [9.17, 15) is 22.8 Å². The maximum absolute atomic E-state index is 11.9. The molecule has 0 aliphatic rings. The van der Waals surface area contributed by atoms with Gasteiger partial charge in [0.1, 0.15) is 11.4 Å². The molecule has 100 valence electrons. The normalized spacial score (nSPS) is 13.1. The van der Waals surface area contributed by atoms with Crippen molar-refractivity contribution in [2.45, 2.75) is 25.6 Å². The lowest BCUT2D eigenvalue weighted by atomic mass is 10.3. The number of alkyl halides is 3. The molecule has 0 aliphatic heterocycles. The molecule has 1 aromatic heterocycles. The van der Waals surface area contributed by atoms with Crippen LogP contribution in [0.15, 0.2) is 5.38 Å². The summed E-state index contributed by atoms with van der Waals surface area (Å²) in [4.78, 5) is 25.2. The van der Waals surface area contributed by atoms with Crippen LogP contribution in [0.5, 0.6) is 0 Å². The summed E-state index contributed by atoms with van der Waals surface area (Å²) >= 11 is 0.958. The van der Waals surface area contributed by atoms with E-state index in [1.54, 1.807) is 0 Å².